The highest BCUT2D eigenvalue weighted by molar-refractivity contribution is 9.10. The molecule has 1 N–H and O–H groups in total. The minimum absolute atomic E-state index is 0.0149. The van der Waals surface area contributed by atoms with Gasteiger partial charge in [0.25, 0.3) is 0 Å². The molecule has 180 valence electrons. The molecule has 0 saturated carbocycles. The lowest BCUT2D eigenvalue weighted by Crippen LogP contribution is -2.30. The van der Waals surface area contributed by atoms with Crippen molar-refractivity contribution in [3.63, 3.8) is 0 Å². The lowest BCUT2D eigenvalue weighted by Gasteiger charge is -2.28. The van der Waals surface area contributed by atoms with Crippen LogP contribution in [-0.2, 0) is 4.79 Å². The van der Waals surface area contributed by atoms with Gasteiger partial charge in [-0.15, -0.1) is 0 Å². The van der Waals surface area contributed by atoms with E-state index in [1.54, 1.807) is 6.33 Å². The summed E-state index contributed by atoms with van der Waals surface area (Å²) in [6, 6.07) is 11.9. The number of benzene rings is 2. The fourth-order valence-electron chi connectivity index (χ4n) is 4.51. The monoisotopic (exact) mass is 524 g/mol. The van der Waals surface area contributed by atoms with E-state index in [1.807, 2.05) is 43.3 Å². The third-order valence-electron chi connectivity index (χ3n) is 6.44. The smallest absolute Gasteiger partial charge is 0.224 e. The van der Waals surface area contributed by atoms with Crippen LogP contribution in [0.15, 0.2) is 47.2 Å². The predicted molar refractivity (Wildman–Crippen MR) is 141 cm³/mol. The van der Waals surface area contributed by atoms with Crippen molar-refractivity contribution in [1.29, 1.82) is 0 Å². The van der Waals surface area contributed by atoms with Crippen LogP contribution in [0.3, 0.4) is 0 Å². The molecule has 0 atom stereocenters. The van der Waals surface area contributed by atoms with Gasteiger partial charge in [0.15, 0.2) is 0 Å². The Kier molecular flexibility index (Phi) is 8.51. The SMILES string of the molecule is CCCC(=O)Nc1cc2c(-c3cccc(Br)c3)ncnc2cc1OCCCC1CCN(C)CC1. The Balaban J connectivity index is 1.56. The summed E-state index contributed by atoms with van der Waals surface area (Å²) in [4.78, 5) is 23.9. The van der Waals surface area contributed by atoms with Crippen molar-refractivity contribution < 1.29 is 9.53 Å². The standard InChI is InChI=1S/C27H33BrN4O2/c1-3-6-26(33)31-24-16-22-23(29-18-30-27(22)20-8-4-9-21(28)15-20)17-25(24)34-14-5-7-19-10-12-32(2)13-11-19/h4,8-9,15-19H,3,5-7,10-14H2,1-2H3,(H,31,33). The predicted octanol–water partition coefficient (Wildman–Crippen LogP) is 6.30. The van der Waals surface area contributed by atoms with Crippen molar-refractivity contribution in [2.45, 2.75) is 45.4 Å². The zero-order valence-electron chi connectivity index (χ0n) is 20.0. The molecule has 1 aliphatic heterocycles. The molecule has 7 heteroatoms. The number of ether oxygens (including phenoxy) is 1. The van der Waals surface area contributed by atoms with Gasteiger partial charge in [-0.1, -0.05) is 35.0 Å². The number of carbonyl (C=O) groups is 1. The Morgan fingerprint density at radius 3 is 2.79 bits per heavy atom. The van der Waals surface area contributed by atoms with Crippen LogP contribution in [-0.4, -0.2) is 47.5 Å². The summed E-state index contributed by atoms with van der Waals surface area (Å²) < 4.78 is 7.19. The van der Waals surface area contributed by atoms with Crippen LogP contribution in [0.4, 0.5) is 5.69 Å². The van der Waals surface area contributed by atoms with E-state index in [1.165, 1.54) is 32.4 Å². The van der Waals surface area contributed by atoms with E-state index >= 15 is 0 Å². The first kappa shape index (κ1) is 24.6. The number of piperidine rings is 1. The van der Waals surface area contributed by atoms with E-state index in [9.17, 15) is 4.79 Å². The van der Waals surface area contributed by atoms with Crippen LogP contribution in [0.1, 0.15) is 45.4 Å². The molecule has 34 heavy (non-hydrogen) atoms. The van der Waals surface area contributed by atoms with Gasteiger partial charge < -0.3 is 15.0 Å². The maximum absolute atomic E-state index is 12.5. The number of rotatable bonds is 9. The molecular formula is C27H33BrN4O2. The maximum Gasteiger partial charge on any atom is 0.224 e. The van der Waals surface area contributed by atoms with Crippen molar-refractivity contribution in [3.05, 3.63) is 47.2 Å². The molecule has 1 aliphatic rings. The highest BCUT2D eigenvalue weighted by Crippen LogP contribution is 2.35. The third kappa shape index (κ3) is 6.33. The molecule has 2 heterocycles. The zero-order valence-corrected chi connectivity index (χ0v) is 21.6. The molecule has 1 aromatic heterocycles. The van der Waals surface area contributed by atoms with E-state index in [4.69, 9.17) is 4.74 Å². The number of likely N-dealkylation sites (tertiary alicyclic amines) is 1. The lowest BCUT2D eigenvalue weighted by atomic mass is 9.93. The van der Waals surface area contributed by atoms with Crippen LogP contribution < -0.4 is 10.1 Å². The topological polar surface area (TPSA) is 67.3 Å². The summed E-state index contributed by atoms with van der Waals surface area (Å²) in [6.07, 6.45) is 7.55. The lowest BCUT2D eigenvalue weighted by molar-refractivity contribution is -0.116. The van der Waals surface area contributed by atoms with Gasteiger partial charge in [-0.25, -0.2) is 9.97 Å². The highest BCUT2D eigenvalue weighted by Gasteiger charge is 2.17. The van der Waals surface area contributed by atoms with E-state index in [0.717, 1.165) is 45.4 Å². The van der Waals surface area contributed by atoms with Gasteiger partial charge in [0.2, 0.25) is 5.91 Å². The van der Waals surface area contributed by atoms with E-state index in [0.29, 0.717) is 24.5 Å². The number of anilines is 1. The van der Waals surface area contributed by atoms with Gasteiger partial charge in [0.1, 0.15) is 12.1 Å². The Hall–Kier alpha value is -2.51. The molecule has 2 aromatic carbocycles. The number of hydrogen-bond donors (Lipinski definition) is 1. The quantitative estimate of drug-likeness (QED) is 0.332. The first-order valence-electron chi connectivity index (χ1n) is 12.2. The molecule has 0 spiro atoms. The largest absolute Gasteiger partial charge is 0.491 e. The third-order valence-corrected chi connectivity index (χ3v) is 6.93. The van der Waals surface area contributed by atoms with Crippen molar-refractivity contribution >= 4 is 38.4 Å². The minimum Gasteiger partial charge on any atom is -0.491 e. The number of aromatic nitrogens is 2. The average Bonchev–Trinajstić information content (AvgIpc) is 2.83. The molecule has 6 nitrogen and oxygen atoms in total. The number of carbonyl (C=O) groups excluding carboxylic acids is 1. The second-order valence-electron chi connectivity index (χ2n) is 9.13. The van der Waals surface area contributed by atoms with E-state index in [-0.39, 0.29) is 5.91 Å². The average molecular weight is 525 g/mol. The van der Waals surface area contributed by atoms with E-state index < -0.39 is 0 Å². The van der Waals surface area contributed by atoms with Crippen molar-refractivity contribution in [1.82, 2.24) is 14.9 Å². The van der Waals surface area contributed by atoms with Gasteiger partial charge in [-0.2, -0.15) is 0 Å². The summed E-state index contributed by atoms with van der Waals surface area (Å²) in [5.74, 6) is 1.43. The van der Waals surface area contributed by atoms with Crippen LogP contribution in [0.2, 0.25) is 0 Å². The Labute approximate surface area is 210 Å². The summed E-state index contributed by atoms with van der Waals surface area (Å²) >= 11 is 3.54. The van der Waals surface area contributed by atoms with Crippen molar-refractivity contribution in [2.24, 2.45) is 5.92 Å². The second kappa shape index (κ2) is 11.8. The van der Waals surface area contributed by atoms with Crippen LogP contribution in [0.25, 0.3) is 22.2 Å². The van der Waals surface area contributed by atoms with Crippen molar-refractivity contribution in [2.75, 3.05) is 32.1 Å². The Morgan fingerprint density at radius 1 is 1.21 bits per heavy atom. The second-order valence-corrected chi connectivity index (χ2v) is 10.0. The van der Waals surface area contributed by atoms with Crippen molar-refractivity contribution in [3.8, 4) is 17.0 Å². The number of halogens is 1. The minimum atomic E-state index is -0.0149. The van der Waals surface area contributed by atoms with Gasteiger partial charge in [0.05, 0.1) is 23.5 Å². The molecule has 0 radical (unpaired) electrons. The van der Waals surface area contributed by atoms with E-state index in [2.05, 4.69) is 43.2 Å². The van der Waals surface area contributed by atoms with Gasteiger partial charge in [0, 0.05) is 27.9 Å². The van der Waals surface area contributed by atoms with Crippen LogP contribution in [0, 0.1) is 5.92 Å². The molecule has 1 saturated heterocycles. The molecule has 0 bridgehead atoms. The van der Waals surface area contributed by atoms with Gasteiger partial charge in [-0.3, -0.25) is 4.79 Å². The fraction of sp³-hybridized carbons (Fsp3) is 0.444. The summed E-state index contributed by atoms with van der Waals surface area (Å²) in [5.41, 5.74) is 3.28. The molecule has 0 unspecified atom stereocenters. The summed E-state index contributed by atoms with van der Waals surface area (Å²) in [7, 11) is 2.19. The first-order valence-corrected chi connectivity index (χ1v) is 13.0. The number of fused-ring (bicyclic) bond motifs is 1. The fourth-order valence-corrected chi connectivity index (χ4v) is 4.91. The van der Waals surface area contributed by atoms with Gasteiger partial charge >= 0.3 is 0 Å². The normalized spacial score (nSPS) is 14.9. The molecule has 0 aliphatic carbocycles. The maximum atomic E-state index is 12.5. The molecule has 3 aromatic rings. The molecular weight excluding hydrogens is 492 g/mol. The molecule has 1 fully saturated rings. The molecule has 4 rings (SSSR count). The number of hydrogen-bond acceptors (Lipinski definition) is 5. The number of nitrogens with zero attached hydrogens (tertiary/aromatic N) is 3. The first-order chi connectivity index (χ1) is 16.5. The summed E-state index contributed by atoms with van der Waals surface area (Å²) in [6.45, 7) is 4.99. The Morgan fingerprint density at radius 2 is 2.03 bits per heavy atom. The number of nitrogens with one attached hydrogen (secondary N) is 1. The zero-order chi connectivity index (χ0) is 23.9. The summed E-state index contributed by atoms with van der Waals surface area (Å²) in [5, 5.41) is 3.94. The van der Waals surface area contributed by atoms with Crippen LogP contribution >= 0.6 is 15.9 Å². The van der Waals surface area contributed by atoms with Gasteiger partial charge in [-0.05, 0) is 76.4 Å². The highest BCUT2D eigenvalue weighted by atomic mass is 79.9. The Bertz CT molecular complexity index is 1130. The number of amides is 1. The molecule has 1 amide bonds. The van der Waals surface area contributed by atoms with Crippen LogP contribution in [0.5, 0.6) is 5.75 Å².